The first kappa shape index (κ1) is 20.5. The molecule has 2 rings (SSSR count). The van der Waals surface area contributed by atoms with Crippen LogP contribution in [0.4, 0.5) is 15.3 Å². The lowest BCUT2D eigenvalue weighted by molar-refractivity contribution is -0.127. The zero-order chi connectivity index (χ0) is 20.0. The zero-order valence-electron chi connectivity index (χ0n) is 16.3. The van der Waals surface area contributed by atoms with Crippen molar-refractivity contribution in [3.8, 4) is 0 Å². The van der Waals surface area contributed by atoms with E-state index in [1.807, 2.05) is 39.8 Å². The van der Waals surface area contributed by atoms with Crippen molar-refractivity contribution in [2.75, 3.05) is 18.4 Å². The van der Waals surface area contributed by atoms with Crippen LogP contribution in [0.1, 0.15) is 39.2 Å². The van der Waals surface area contributed by atoms with Crippen LogP contribution in [0.25, 0.3) is 0 Å². The molecule has 1 aromatic carbocycles. The third-order valence-electron chi connectivity index (χ3n) is 4.13. The number of hydrogen-bond acceptors (Lipinski definition) is 4. The Morgan fingerprint density at radius 2 is 1.63 bits per heavy atom. The Kier molecular flexibility index (Phi) is 6.65. The minimum absolute atomic E-state index is 0.261. The highest BCUT2D eigenvalue weighted by Gasteiger charge is 2.30. The highest BCUT2D eigenvalue weighted by Crippen LogP contribution is 2.19. The van der Waals surface area contributed by atoms with Crippen LogP contribution in [-0.2, 0) is 9.53 Å². The normalized spacial score (nSPS) is 15.0. The van der Waals surface area contributed by atoms with E-state index in [9.17, 15) is 14.4 Å². The second-order valence-corrected chi connectivity index (χ2v) is 7.68. The van der Waals surface area contributed by atoms with Crippen LogP contribution in [0.5, 0.6) is 0 Å². The van der Waals surface area contributed by atoms with Gasteiger partial charge in [-0.3, -0.25) is 10.2 Å². The lowest BCUT2D eigenvalue weighted by atomic mass is 9.96. The predicted molar refractivity (Wildman–Crippen MR) is 102 cm³/mol. The van der Waals surface area contributed by atoms with Crippen molar-refractivity contribution >= 4 is 23.7 Å². The lowest BCUT2D eigenvalue weighted by Gasteiger charge is -2.32. The summed E-state index contributed by atoms with van der Waals surface area (Å²) in [5.41, 5.74) is 5.97. The summed E-state index contributed by atoms with van der Waals surface area (Å²) in [6.45, 7) is 8.30. The number of hydrogen-bond donors (Lipinski definition) is 3. The van der Waals surface area contributed by atoms with E-state index in [-0.39, 0.29) is 17.9 Å². The quantitative estimate of drug-likeness (QED) is 0.691. The summed E-state index contributed by atoms with van der Waals surface area (Å²) in [6.07, 6.45) is 0.676. The summed E-state index contributed by atoms with van der Waals surface area (Å²) in [7, 11) is 0. The summed E-state index contributed by atoms with van der Waals surface area (Å²) >= 11 is 0. The van der Waals surface area contributed by atoms with E-state index in [1.165, 1.54) is 0 Å². The molecule has 0 spiro atoms. The van der Waals surface area contributed by atoms with E-state index in [2.05, 4.69) is 16.2 Å². The standard InChI is InChI=1S/C19H28N4O4/c1-13-5-7-15(8-6-13)20-17(25)22-21-16(24)14-9-11-23(12-10-14)18(26)27-19(2,3)4/h5-8,14H,9-12H2,1-4H3,(H,21,24)(H2,20,22,25). The van der Waals surface area contributed by atoms with E-state index in [4.69, 9.17) is 4.74 Å². The van der Waals surface area contributed by atoms with E-state index < -0.39 is 11.6 Å². The first-order chi connectivity index (χ1) is 12.6. The Bertz CT molecular complexity index is 674. The predicted octanol–water partition coefficient (Wildman–Crippen LogP) is 2.79. The fourth-order valence-electron chi connectivity index (χ4n) is 2.67. The van der Waals surface area contributed by atoms with Crippen molar-refractivity contribution in [1.29, 1.82) is 0 Å². The fraction of sp³-hybridized carbons (Fsp3) is 0.526. The van der Waals surface area contributed by atoms with Gasteiger partial charge in [0.05, 0.1) is 0 Å². The number of rotatable bonds is 2. The van der Waals surface area contributed by atoms with Gasteiger partial charge >= 0.3 is 12.1 Å². The number of benzene rings is 1. The van der Waals surface area contributed by atoms with Crippen LogP contribution in [0.2, 0.25) is 0 Å². The number of piperidine rings is 1. The van der Waals surface area contributed by atoms with Crippen LogP contribution in [0.15, 0.2) is 24.3 Å². The molecule has 1 heterocycles. The van der Waals surface area contributed by atoms with Gasteiger partial charge in [0.25, 0.3) is 0 Å². The van der Waals surface area contributed by atoms with E-state index >= 15 is 0 Å². The molecular weight excluding hydrogens is 348 g/mol. The van der Waals surface area contributed by atoms with Gasteiger partial charge < -0.3 is 15.0 Å². The molecule has 148 valence electrons. The molecule has 3 N–H and O–H groups in total. The number of likely N-dealkylation sites (tertiary alicyclic amines) is 1. The van der Waals surface area contributed by atoms with Crippen molar-refractivity contribution in [3.63, 3.8) is 0 Å². The third-order valence-corrected chi connectivity index (χ3v) is 4.13. The molecule has 1 aliphatic heterocycles. The third kappa shape index (κ3) is 6.80. The van der Waals surface area contributed by atoms with Crippen LogP contribution >= 0.6 is 0 Å². The second kappa shape index (κ2) is 8.75. The first-order valence-corrected chi connectivity index (χ1v) is 9.05. The van der Waals surface area contributed by atoms with Crippen molar-refractivity contribution < 1.29 is 19.1 Å². The van der Waals surface area contributed by atoms with Crippen LogP contribution in [0.3, 0.4) is 0 Å². The summed E-state index contributed by atoms with van der Waals surface area (Å²) in [5, 5.41) is 2.64. The number of aryl methyl sites for hydroxylation is 1. The van der Waals surface area contributed by atoms with Gasteiger partial charge in [0.15, 0.2) is 0 Å². The van der Waals surface area contributed by atoms with Crippen molar-refractivity contribution in [2.24, 2.45) is 5.92 Å². The number of urea groups is 1. The van der Waals surface area contributed by atoms with E-state index in [0.29, 0.717) is 31.6 Å². The van der Waals surface area contributed by atoms with Gasteiger partial charge in [-0.25, -0.2) is 15.0 Å². The van der Waals surface area contributed by atoms with Crippen molar-refractivity contribution in [3.05, 3.63) is 29.8 Å². The molecule has 0 aliphatic carbocycles. The molecule has 1 saturated heterocycles. The minimum atomic E-state index is -0.542. The molecule has 0 atom stereocenters. The van der Waals surface area contributed by atoms with Gasteiger partial charge in [-0.1, -0.05) is 17.7 Å². The Morgan fingerprint density at radius 1 is 1.04 bits per heavy atom. The highest BCUT2D eigenvalue weighted by molar-refractivity contribution is 5.91. The number of carbonyl (C=O) groups excluding carboxylic acids is 3. The number of amides is 4. The van der Waals surface area contributed by atoms with Crippen LogP contribution in [0, 0.1) is 12.8 Å². The lowest BCUT2D eigenvalue weighted by Crippen LogP contribution is -2.49. The zero-order valence-corrected chi connectivity index (χ0v) is 16.3. The summed E-state index contributed by atoms with van der Waals surface area (Å²) < 4.78 is 5.34. The molecule has 0 unspecified atom stereocenters. The summed E-state index contributed by atoms with van der Waals surface area (Å²) in [4.78, 5) is 37.7. The van der Waals surface area contributed by atoms with Crippen molar-refractivity contribution in [1.82, 2.24) is 15.8 Å². The van der Waals surface area contributed by atoms with E-state index in [1.54, 1.807) is 17.0 Å². The summed E-state index contributed by atoms with van der Waals surface area (Å²) in [5.74, 6) is -0.527. The second-order valence-electron chi connectivity index (χ2n) is 7.68. The minimum Gasteiger partial charge on any atom is -0.444 e. The number of hydrazine groups is 1. The molecule has 27 heavy (non-hydrogen) atoms. The molecular formula is C19H28N4O4. The average Bonchev–Trinajstić information content (AvgIpc) is 2.60. The Balaban J connectivity index is 1.72. The van der Waals surface area contributed by atoms with Crippen LogP contribution in [-0.4, -0.2) is 41.6 Å². The molecule has 4 amide bonds. The molecule has 1 aliphatic rings. The largest absolute Gasteiger partial charge is 0.444 e. The molecule has 0 aromatic heterocycles. The van der Waals surface area contributed by atoms with Gasteiger partial charge in [0, 0.05) is 24.7 Å². The van der Waals surface area contributed by atoms with Gasteiger partial charge in [0.1, 0.15) is 5.60 Å². The monoisotopic (exact) mass is 376 g/mol. The number of carbonyl (C=O) groups is 3. The summed E-state index contributed by atoms with van der Waals surface area (Å²) in [6, 6.07) is 6.81. The maximum atomic E-state index is 12.2. The maximum Gasteiger partial charge on any atom is 0.410 e. The number of nitrogens with zero attached hydrogens (tertiary/aromatic N) is 1. The van der Waals surface area contributed by atoms with Crippen molar-refractivity contribution in [2.45, 2.75) is 46.1 Å². The Morgan fingerprint density at radius 3 is 2.19 bits per heavy atom. The number of anilines is 1. The van der Waals surface area contributed by atoms with Gasteiger partial charge in [-0.05, 0) is 52.7 Å². The topological polar surface area (TPSA) is 99.8 Å². The number of nitrogens with one attached hydrogen (secondary N) is 3. The molecule has 0 radical (unpaired) electrons. The first-order valence-electron chi connectivity index (χ1n) is 9.05. The highest BCUT2D eigenvalue weighted by atomic mass is 16.6. The molecule has 8 nitrogen and oxygen atoms in total. The molecule has 1 fully saturated rings. The van der Waals surface area contributed by atoms with Gasteiger partial charge in [-0.2, -0.15) is 0 Å². The number of ether oxygens (including phenoxy) is 1. The molecule has 8 heteroatoms. The Hall–Kier alpha value is -2.77. The molecule has 0 bridgehead atoms. The molecule has 0 saturated carbocycles. The molecule has 1 aromatic rings. The average molecular weight is 376 g/mol. The SMILES string of the molecule is Cc1ccc(NC(=O)NNC(=O)C2CCN(C(=O)OC(C)(C)C)CC2)cc1. The fourth-order valence-corrected chi connectivity index (χ4v) is 2.67. The Labute approximate surface area is 159 Å². The van der Waals surface area contributed by atoms with E-state index in [0.717, 1.165) is 5.56 Å². The smallest absolute Gasteiger partial charge is 0.410 e. The maximum absolute atomic E-state index is 12.2. The van der Waals surface area contributed by atoms with Gasteiger partial charge in [-0.15, -0.1) is 0 Å². The van der Waals surface area contributed by atoms with Crippen LogP contribution < -0.4 is 16.2 Å². The van der Waals surface area contributed by atoms with Gasteiger partial charge in [0.2, 0.25) is 5.91 Å².